The van der Waals surface area contributed by atoms with Gasteiger partial charge in [0, 0.05) is 17.5 Å². The molecule has 3 aromatic carbocycles. The molecular formula is C36H40N2O4. The number of fused-ring (bicyclic) bond motifs is 1. The van der Waals surface area contributed by atoms with Crippen LogP contribution in [-0.2, 0) is 27.8 Å². The molecule has 1 saturated carbocycles. The molecule has 218 valence electrons. The topological polar surface area (TPSA) is 77.5 Å². The lowest BCUT2D eigenvalue weighted by atomic mass is 9.87. The molecule has 1 fully saturated rings. The van der Waals surface area contributed by atoms with Gasteiger partial charge in [0.15, 0.2) is 0 Å². The van der Waals surface area contributed by atoms with Crippen molar-refractivity contribution in [3.05, 3.63) is 101 Å². The molecule has 0 spiro atoms. The maximum atomic E-state index is 13.5. The average molecular weight is 565 g/mol. The molecule has 1 aliphatic rings. The summed E-state index contributed by atoms with van der Waals surface area (Å²) in [7, 11) is 1.33. The highest BCUT2D eigenvalue weighted by atomic mass is 16.5. The molecule has 0 bridgehead atoms. The molecule has 0 unspecified atom stereocenters. The van der Waals surface area contributed by atoms with Gasteiger partial charge in [-0.3, -0.25) is 4.79 Å². The number of aromatic nitrogens is 1. The predicted octanol–water partition coefficient (Wildman–Crippen LogP) is 7.57. The van der Waals surface area contributed by atoms with Crippen LogP contribution >= 0.6 is 0 Å². The molecule has 1 aromatic heterocycles. The first-order chi connectivity index (χ1) is 20.2. The molecule has 1 amide bonds. The maximum Gasteiger partial charge on any atom is 0.328 e. The molecule has 6 nitrogen and oxygen atoms in total. The van der Waals surface area contributed by atoms with Crippen LogP contribution in [0.5, 0.6) is 11.5 Å². The molecule has 4 aromatic rings. The number of nitrogens with zero attached hydrogens (tertiary/aromatic N) is 1. The SMILES string of the molecule is COC(=O)[C@@H](Cc1ccccc1)NC(=O)c1cc2ccc(Oc3ccc(C(C)(C)C)cc3)cc2c(CC2CCCC2)n1. The normalized spacial score (nSPS) is 14.5. The summed E-state index contributed by atoms with van der Waals surface area (Å²) in [6.07, 6.45) is 5.91. The Hall–Kier alpha value is -4.19. The van der Waals surface area contributed by atoms with Gasteiger partial charge in [-0.05, 0) is 64.6 Å². The minimum absolute atomic E-state index is 0.0741. The third-order valence-corrected chi connectivity index (χ3v) is 8.10. The Morgan fingerprint density at radius 3 is 2.29 bits per heavy atom. The van der Waals surface area contributed by atoms with E-state index in [-0.39, 0.29) is 5.41 Å². The zero-order valence-corrected chi connectivity index (χ0v) is 25.0. The van der Waals surface area contributed by atoms with Gasteiger partial charge in [0.05, 0.1) is 7.11 Å². The molecule has 5 rings (SSSR count). The number of nitrogens with one attached hydrogen (secondary N) is 1. The number of ether oxygens (including phenoxy) is 2. The quantitative estimate of drug-likeness (QED) is 0.212. The van der Waals surface area contributed by atoms with Crippen LogP contribution < -0.4 is 10.1 Å². The molecule has 0 aliphatic heterocycles. The zero-order valence-electron chi connectivity index (χ0n) is 25.0. The first kappa shape index (κ1) is 29.3. The highest BCUT2D eigenvalue weighted by Gasteiger charge is 2.25. The number of hydrogen-bond acceptors (Lipinski definition) is 5. The van der Waals surface area contributed by atoms with Crippen molar-refractivity contribution in [2.45, 2.75) is 70.8 Å². The maximum absolute atomic E-state index is 13.5. The van der Waals surface area contributed by atoms with Crippen molar-refractivity contribution in [3.63, 3.8) is 0 Å². The number of esters is 1. The number of pyridine rings is 1. The number of amides is 1. The van der Waals surface area contributed by atoms with E-state index in [2.05, 4.69) is 38.2 Å². The van der Waals surface area contributed by atoms with Gasteiger partial charge in [0.1, 0.15) is 23.2 Å². The fourth-order valence-electron chi connectivity index (χ4n) is 5.70. The Morgan fingerprint density at radius 2 is 1.62 bits per heavy atom. The predicted molar refractivity (Wildman–Crippen MR) is 166 cm³/mol. The summed E-state index contributed by atoms with van der Waals surface area (Å²) in [6.45, 7) is 6.58. The summed E-state index contributed by atoms with van der Waals surface area (Å²) in [4.78, 5) is 31.0. The minimum atomic E-state index is -0.818. The zero-order chi connectivity index (χ0) is 29.7. The number of rotatable bonds is 9. The Labute approximate surface area is 248 Å². The number of hydrogen-bond donors (Lipinski definition) is 1. The molecule has 42 heavy (non-hydrogen) atoms. The Kier molecular flexibility index (Phi) is 8.91. The van der Waals surface area contributed by atoms with Crippen LogP contribution in [0.4, 0.5) is 0 Å². The minimum Gasteiger partial charge on any atom is -0.467 e. The third kappa shape index (κ3) is 7.17. The molecule has 0 saturated heterocycles. The smallest absolute Gasteiger partial charge is 0.328 e. The largest absolute Gasteiger partial charge is 0.467 e. The Morgan fingerprint density at radius 1 is 0.929 bits per heavy atom. The molecule has 6 heteroatoms. The van der Waals surface area contributed by atoms with Crippen molar-refractivity contribution in [2.24, 2.45) is 5.92 Å². The highest BCUT2D eigenvalue weighted by molar-refractivity contribution is 5.99. The number of carbonyl (C=O) groups is 2. The molecule has 1 heterocycles. The van der Waals surface area contributed by atoms with Gasteiger partial charge in [0.2, 0.25) is 0 Å². The molecule has 1 aliphatic carbocycles. The number of methoxy groups -OCH3 is 1. The van der Waals surface area contributed by atoms with Gasteiger partial charge in [-0.2, -0.15) is 0 Å². The van der Waals surface area contributed by atoms with E-state index in [9.17, 15) is 9.59 Å². The van der Waals surface area contributed by atoms with E-state index in [1.165, 1.54) is 25.5 Å². The van der Waals surface area contributed by atoms with Gasteiger partial charge in [0.25, 0.3) is 5.91 Å². The van der Waals surface area contributed by atoms with E-state index >= 15 is 0 Å². The van der Waals surface area contributed by atoms with Crippen LogP contribution in [0, 0.1) is 5.92 Å². The lowest BCUT2D eigenvalue weighted by Crippen LogP contribution is -2.43. The molecule has 1 N–H and O–H groups in total. The van der Waals surface area contributed by atoms with Crippen LogP contribution in [0.2, 0.25) is 0 Å². The Bertz CT molecular complexity index is 1530. The van der Waals surface area contributed by atoms with Crippen molar-refractivity contribution in [2.75, 3.05) is 7.11 Å². The van der Waals surface area contributed by atoms with Crippen molar-refractivity contribution < 1.29 is 19.1 Å². The summed E-state index contributed by atoms with van der Waals surface area (Å²) < 4.78 is 11.2. The fourth-order valence-corrected chi connectivity index (χ4v) is 5.70. The summed E-state index contributed by atoms with van der Waals surface area (Å²) in [5, 5.41) is 4.77. The highest BCUT2D eigenvalue weighted by Crippen LogP contribution is 2.33. The van der Waals surface area contributed by atoms with Gasteiger partial charge in [-0.15, -0.1) is 0 Å². The monoisotopic (exact) mass is 564 g/mol. The van der Waals surface area contributed by atoms with E-state index < -0.39 is 17.9 Å². The van der Waals surface area contributed by atoms with Crippen LogP contribution in [0.1, 0.15) is 73.8 Å². The first-order valence-corrected chi connectivity index (χ1v) is 14.8. The number of carbonyl (C=O) groups excluding carboxylic acids is 2. The molecule has 1 atom stereocenters. The van der Waals surface area contributed by atoms with E-state index in [1.54, 1.807) is 6.07 Å². The van der Waals surface area contributed by atoms with Crippen LogP contribution in [0.3, 0.4) is 0 Å². The van der Waals surface area contributed by atoms with Crippen LogP contribution in [0.25, 0.3) is 10.8 Å². The standard InChI is InChI=1S/C36H40N2O4/c1-36(2,3)27-15-18-28(19-16-27)42-29-17-14-26-22-32(37-31(30(26)23-29)20-24-12-8-9-13-24)34(39)38-33(35(40)41-4)21-25-10-6-5-7-11-25/h5-7,10-11,14-19,22-24,33H,8-9,12-13,20-21H2,1-4H3,(H,38,39)/t33-/m1/s1. The third-order valence-electron chi connectivity index (χ3n) is 8.10. The van der Waals surface area contributed by atoms with Gasteiger partial charge < -0.3 is 14.8 Å². The second-order valence-electron chi connectivity index (χ2n) is 12.3. The van der Waals surface area contributed by atoms with Crippen LogP contribution in [-0.4, -0.2) is 30.0 Å². The lowest BCUT2D eigenvalue weighted by Gasteiger charge is -2.19. The number of benzene rings is 3. The van der Waals surface area contributed by atoms with E-state index in [4.69, 9.17) is 14.5 Å². The summed E-state index contributed by atoms with van der Waals surface area (Å²) >= 11 is 0. The second kappa shape index (κ2) is 12.8. The van der Waals surface area contributed by atoms with E-state index in [0.29, 0.717) is 18.0 Å². The summed E-state index contributed by atoms with van der Waals surface area (Å²) in [5.74, 6) is 1.16. The lowest BCUT2D eigenvalue weighted by molar-refractivity contribution is -0.142. The Balaban J connectivity index is 1.43. The van der Waals surface area contributed by atoms with E-state index in [0.717, 1.165) is 52.8 Å². The summed E-state index contributed by atoms with van der Waals surface area (Å²) in [5.41, 5.74) is 3.44. The fraction of sp³-hybridized carbons (Fsp3) is 0.361. The molecule has 0 radical (unpaired) electrons. The van der Waals surface area contributed by atoms with Gasteiger partial charge in [-0.1, -0.05) is 95.0 Å². The average Bonchev–Trinajstić information content (AvgIpc) is 3.50. The van der Waals surface area contributed by atoms with Crippen molar-refractivity contribution >= 4 is 22.6 Å². The van der Waals surface area contributed by atoms with Crippen molar-refractivity contribution in [3.8, 4) is 11.5 Å². The van der Waals surface area contributed by atoms with E-state index in [1.807, 2.05) is 60.7 Å². The summed E-state index contributed by atoms with van der Waals surface area (Å²) in [6, 6.07) is 24.7. The first-order valence-electron chi connectivity index (χ1n) is 14.8. The van der Waals surface area contributed by atoms with Gasteiger partial charge >= 0.3 is 5.97 Å². The van der Waals surface area contributed by atoms with Gasteiger partial charge in [-0.25, -0.2) is 9.78 Å². The van der Waals surface area contributed by atoms with Crippen molar-refractivity contribution in [1.82, 2.24) is 10.3 Å². The molecular weight excluding hydrogens is 524 g/mol. The van der Waals surface area contributed by atoms with Crippen LogP contribution in [0.15, 0.2) is 78.9 Å². The second-order valence-corrected chi connectivity index (χ2v) is 12.3. The van der Waals surface area contributed by atoms with Crippen molar-refractivity contribution in [1.29, 1.82) is 0 Å².